The molecule has 0 aliphatic heterocycles. The smallest absolute Gasteiger partial charge is 0.230 e. The first kappa shape index (κ1) is 22.2. The molecule has 1 rings (SSSR count). The van der Waals surface area contributed by atoms with Crippen molar-refractivity contribution in [1.82, 2.24) is 0 Å². The Bertz CT molecular complexity index is 579. The minimum Gasteiger partial charge on any atom is -0.326 e. The highest BCUT2D eigenvalue weighted by Gasteiger charge is 2.27. The largest absolute Gasteiger partial charge is 0.326 e. The van der Waals surface area contributed by atoms with Crippen LogP contribution in [0.4, 0.5) is 11.4 Å². The summed E-state index contributed by atoms with van der Waals surface area (Å²) in [6.07, 6.45) is 8.25. The van der Waals surface area contributed by atoms with E-state index in [1.165, 1.54) is 32.1 Å². The van der Waals surface area contributed by atoms with E-state index in [1.807, 2.05) is 45.9 Å². The first-order valence-corrected chi connectivity index (χ1v) is 9.98. The maximum absolute atomic E-state index is 12.6. The van der Waals surface area contributed by atoms with Crippen molar-refractivity contribution in [2.75, 3.05) is 10.6 Å². The Morgan fingerprint density at radius 3 is 2.15 bits per heavy atom. The average Bonchev–Trinajstić information content (AvgIpc) is 2.58. The Balaban J connectivity index is 2.53. The van der Waals surface area contributed by atoms with Gasteiger partial charge in [-0.15, -0.1) is 0 Å². The Hall–Kier alpha value is -1.84. The van der Waals surface area contributed by atoms with Crippen molar-refractivity contribution in [2.45, 2.75) is 79.6 Å². The minimum absolute atomic E-state index is 0.0263. The number of nitrogens with one attached hydrogen (secondary N) is 2. The lowest BCUT2D eigenvalue weighted by atomic mass is 9.85. The van der Waals surface area contributed by atoms with Crippen molar-refractivity contribution in [3.8, 4) is 0 Å². The lowest BCUT2D eigenvalue weighted by molar-refractivity contribution is -0.124. The molecule has 0 radical (unpaired) electrons. The van der Waals surface area contributed by atoms with Crippen molar-refractivity contribution in [3.05, 3.63) is 24.3 Å². The van der Waals surface area contributed by atoms with Crippen LogP contribution in [0, 0.1) is 11.3 Å². The number of carbonyl (C=O) groups excluding carboxylic acids is 2. The molecular weight excluding hydrogens is 324 g/mol. The highest BCUT2D eigenvalue weighted by Crippen LogP contribution is 2.27. The summed E-state index contributed by atoms with van der Waals surface area (Å²) in [6.45, 7) is 9.92. The second-order valence-corrected chi connectivity index (χ2v) is 8.08. The molecule has 2 N–H and O–H groups in total. The van der Waals surface area contributed by atoms with E-state index in [4.69, 9.17) is 0 Å². The first-order chi connectivity index (χ1) is 12.3. The third-order valence-electron chi connectivity index (χ3n) is 4.68. The highest BCUT2D eigenvalue weighted by molar-refractivity contribution is 5.96. The molecule has 146 valence electrons. The fourth-order valence-electron chi connectivity index (χ4n) is 2.72. The molecule has 0 saturated carbocycles. The number of hydrogen-bond acceptors (Lipinski definition) is 2. The van der Waals surface area contributed by atoms with E-state index in [2.05, 4.69) is 17.6 Å². The summed E-state index contributed by atoms with van der Waals surface area (Å²) in [4.78, 5) is 24.5. The van der Waals surface area contributed by atoms with Gasteiger partial charge in [-0.3, -0.25) is 9.59 Å². The topological polar surface area (TPSA) is 58.2 Å². The van der Waals surface area contributed by atoms with Crippen LogP contribution in [0.2, 0.25) is 0 Å². The molecule has 0 heterocycles. The molecule has 0 aliphatic carbocycles. The van der Waals surface area contributed by atoms with Gasteiger partial charge in [0.25, 0.3) is 0 Å². The van der Waals surface area contributed by atoms with Crippen LogP contribution < -0.4 is 10.6 Å². The van der Waals surface area contributed by atoms with E-state index in [-0.39, 0.29) is 17.7 Å². The highest BCUT2D eigenvalue weighted by atomic mass is 16.2. The van der Waals surface area contributed by atoms with Gasteiger partial charge in [-0.25, -0.2) is 0 Å². The van der Waals surface area contributed by atoms with Crippen molar-refractivity contribution in [1.29, 1.82) is 0 Å². The zero-order chi connectivity index (χ0) is 19.6. The van der Waals surface area contributed by atoms with Gasteiger partial charge in [-0.2, -0.15) is 0 Å². The summed E-state index contributed by atoms with van der Waals surface area (Å²) in [6, 6.07) is 7.33. The summed E-state index contributed by atoms with van der Waals surface area (Å²) in [5.41, 5.74) is 1.02. The molecule has 4 heteroatoms. The van der Waals surface area contributed by atoms with E-state index in [0.717, 1.165) is 12.8 Å². The van der Waals surface area contributed by atoms with Gasteiger partial charge in [0.05, 0.1) is 0 Å². The third-order valence-corrected chi connectivity index (χ3v) is 4.68. The van der Waals surface area contributed by atoms with Crippen LogP contribution in [-0.2, 0) is 9.59 Å². The van der Waals surface area contributed by atoms with Gasteiger partial charge in [0, 0.05) is 22.7 Å². The second kappa shape index (κ2) is 11.0. The van der Waals surface area contributed by atoms with Gasteiger partial charge in [0.2, 0.25) is 11.8 Å². The quantitative estimate of drug-likeness (QED) is 0.476. The molecule has 1 aromatic rings. The van der Waals surface area contributed by atoms with Crippen LogP contribution in [0.1, 0.15) is 79.6 Å². The van der Waals surface area contributed by atoms with E-state index < -0.39 is 5.41 Å². The zero-order valence-corrected chi connectivity index (χ0v) is 17.2. The number of benzene rings is 1. The number of unbranched alkanes of at least 4 members (excludes halogenated alkanes) is 5. The third kappa shape index (κ3) is 8.03. The number of carbonyl (C=O) groups is 2. The van der Waals surface area contributed by atoms with Gasteiger partial charge in [-0.05, 0) is 24.6 Å². The Morgan fingerprint density at radius 1 is 0.962 bits per heavy atom. The SMILES string of the molecule is CCCCCCCCC(C)(C)C(=O)Nc1cccc(NC(=O)C(C)C)c1. The Morgan fingerprint density at radius 2 is 1.54 bits per heavy atom. The van der Waals surface area contributed by atoms with Crippen LogP contribution in [0.25, 0.3) is 0 Å². The molecule has 0 unspecified atom stereocenters. The van der Waals surface area contributed by atoms with Crippen molar-refractivity contribution < 1.29 is 9.59 Å². The normalized spacial score (nSPS) is 11.5. The molecule has 0 saturated heterocycles. The van der Waals surface area contributed by atoms with Crippen LogP contribution in [0.5, 0.6) is 0 Å². The van der Waals surface area contributed by atoms with Crippen LogP contribution >= 0.6 is 0 Å². The van der Waals surface area contributed by atoms with Gasteiger partial charge >= 0.3 is 0 Å². The molecule has 0 fully saturated rings. The molecule has 0 aromatic heterocycles. The van der Waals surface area contributed by atoms with Gasteiger partial charge < -0.3 is 10.6 Å². The number of amides is 2. The summed E-state index contributed by atoms with van der Waals surface area (Å²) in [7, 11) is 0. The van der Waals surface area contributed by atoms with E-state index in [0.29, 0.717) is 11.4 Å². The Kier molecular flexibility index (Phi) is 9.39. The second-order valence-electron chi connectivity index (χ2n) is 8.08. The molecule has 0 aliphatic rings. The molecule has 26 heavy (non-hydrogen) atoms. The molecule has 0 atom stereocenters. The lowest BCUT2D eigenvalue weighted by Gasteiger charge is -2.23. The fourth-order valence-corrected chi connectivity index (χ4v) is 2.72. The molecular formula is C22H36N2O2. The van der Waals surface area contributed by atoms with E-state index in [1.54, 1.807) is 6.07 Å². The maximum atomic E-state index is 12.6. The standard InChI is InChI=1S/C22H36N2O2/c1-6-7-8-9-10-11-15-22(4,5)21(26)24-19-14-12-13-18(16-19)23-20(25)17(2)3/h12-14,16-17H,6-11,15H2,1-5H3,(H,23,25)(H,24,26). The lowest BCUT2D eigenvalue weighted by Crippen LogP contribution is -2.30. The van der Waals surface area contributed by atoms with Crippen LogP contribution in [0.15, 0.2) is 24.3 Å². The monoisotopic (exact) mass is 360 g/mol. The molecule has 0 spiro atoms. The molecule has 0 bridgehead atoms. The van der Waals surface area contributed by atoms with Crippen molar-refractivity contribution in [3.63, 3.8) is 0 Å². The molecule has 1 aromatic carbocycles. The van der Waals surface area contributed by atoms with Crippen LogP contribution in [0.3, 0.4) is 0 Å². The van der Waals surface area contributed by atoms with Crippen molar-refractivity contribution in [2.24, 2.45) is 11.3 Å². The summed E-state index contributed by atoms with van der Waals surface area (Å²) in [5.74, 6) is -0.0835. The van der Waals surface area contributed by atoms with Crippen molar-refractivity contribution >= 4 is 23.2 Å². The maximum Gasteiger partial charge on any atom is 0.230 e. The predicted molar refractivity (Wildman–Crippen MR) is 110 cm³/mol. The number of rotatable bonds is 11. The van der Waals surface area contributed by atoms with Gasteiger partial charge in [-0.1, -0.05) is 79.2 Å². The number of hydrogen-bond donors (Lipinski definition) is 2. The zero-order valence-electron chi connectivity index (χ0n) is 17.2. The Labute approximate surface area is 159 Å². The fraction of sp³-hybridized carbons (Fsp3) is 0.636. The summed E-state index contributed by atoms with van der Waals surface area (Å²) < 4.78 is 0. The summed E-state index contributed by atoms with van der Waals surface area (Å²) in [5, 5.41) is 5.86. The summed E-state index contributed by atoms with van der Waals surface area (Å²) >= 11 is 0. The first-order valence-electron chi connectivity index (χ1n) is 9.98. The number of anilines is 2. The average molecular weight is 361 g/mol. The van der Waals surface area contributed by atoms with Crippen LogP contribution in [-0.4, -0.2) is 11.8 Å². The van der Waals surface area contributed by atoms with Gasteiger partial charge in [0.15, 0.2) is 0 Å². The van der Waals surface area contributed by atoms with E-state index in [9.17, 15) is 9.59 Å². The van der Waals surface area contributed by atoms with Gasteiger partial charge in [0.1, 0.15) is 0 Å². The molecule has 2 amide bonds. The predicted octanol–water partition coefficient (Wildman–Crippen LogP) is 6.00. The molecule has 4 nitrogen and oxygen atoms in total. The van der Waals surface area contributed by atoms with E-state index >= 15 is 0 Å². The minimum atomic E-state index is -0.401.